The second-order valence-corrected chi connectivity index (χ2v) is 5.67. The smallest absolute Gasteiger partial charge is 0.200 e. The van der Waals surface area contributed by atoms with E-state index >= 15 is 0 Å². The van der Waals surface area contributed by atoms with Crippen molar-refractivity contribution in [1.82, 2.24) is 4.98 Å². The Balaban J connectivity index is 2.52. The first-order valence-corrected chi connectivity index (χ1v) is 7.51. The van der Waals surface area contributed by atoms with Gasteiger partial charge in [0.1, 0.15) is 0 Å². The molecule has 0 saturated carbocycles. The van der Waals surface area contributed by atoms with Crippen molar-refractivity contribution in [1.29, 1.82) is 0 Å². The summed E-state index contributed by atoms with van der Waals surface area (Å²) >= 11 is 0. The second kappa shape index (κ2) is 7.43. The van der Waals surface area contributed by atoms with Crippen molar-refractivity contribution < 1.29 is 48.7 Å². The lowest BCUT2D eigenvalue weighted by atomic mass is 9.95. The number of nitrogens with zero attached hydrogens (tertiary/aromatic N) is 1. The number of benzene rings is 2. The zero-order valence-electron chi connectivity index (χ0n) is 13.9. The Labute approximate surface area is 159 Å². The Kier molecular flexibility index (Phi) is 5.27. The number of aromatic nitrogens is 1. The van der Waals surface area contributed by atoms with Crippen molar-refractivity contribution >= 4 is 6.29 Å². The van der Waals surface area contributed by atoms with E-state index in [9.17, 15) is 48.7 Å². The van der Waals surface area contributed by atoms with E-state index in [1.54, 1.807) is 0 Å². The third-order valence-electron chi connectivity index (χ3n) is 3.97. The molecule has 12 heteroatoms. The molecule has 156 valence electrons. The molecule has 0 unspecified atom stereocenters. The molecule has 0 aliphatic heterocycles. The second-order valence-electron chi connectivity index (χ2n) is 5.67. The van der Waals surface area contributed by atoms with Crippen LogP contribution in [0.5, 0.6) is 0 Å². The standard InChI is InChI=1S/C18H3F10NO/c19-8-6(9(20)13(24)16(27)12(8)23)5-1-4(3-30)2-29-18(5)7-10(21)14(25)17(28)15(26)11(7)22/h1-3H. The number of hydrogen-bond acceptors (Lipinski definition) is 2. The molecular formula is C18H3F10NO. The minimum absolute atomic E-state index is 0.00906. The van der Waals surface area contributed by atoms with Crippen molar-refractivity contribution in [2.75, 3.05) is 0 Å². The Morgan fingerprint density at radius 1 is 0.567 bits per heavy atom. The van der Waals surface area contributed by atoms with Crippen molar-refractivity contribution in [2.45, 2.75) is 0 Å². The SMILES string of the molecule is O=Cc1cnc(-c2c(F)c(F)c(F)c(F)c2F)c(-c2c(F)c(F)c(F)c(F)c2F)c1. The van der Waals surface area contributed by atoms with Crippen LogP contribution in [0.25, 0.3) is 22.4 Å². The lowest BCUT2D eigenvalue weighted by Gasteiger charge is -2.15. The fraction of sp³-hybridized carbons (Fsp3) is 0. The summed E-state index contributed by atoms with van der Waals surface area (Å²) in [7, 11) is 0. The number of hydrogen-bond donors (Lipinski definition) is 0. The molecule has 0 aliphatic rings. The van der Waals surface area contributed by atoms with Gasteiger partial charge in [0.2, 0.25) is 11.6 Å². The normalized spacial score (nSPS) is 11.1. The molecule has 2 aromatic carbocycles. The lowest BCUT2D eigenvalue weighted by molar-refractivity contribution is 0.112. The van der Waals surface area contributed by atoms with Crippen LogP contribution in [-0.2, 0) is 0 Å². The van der Waals surface area contributed by atoms with Gasteiger partial charge in [-0.15, -0.1) is 0 Å². The average molecular weight is 439 g/mol. The highest BCUT2D eigenvalue weighted by molar-refractivity contribution is 5.86. The minimum Gasteiger partial charge on any atom is -0.298 e. The fourth-order valence-corrected chi connectivity index (χ4v) is 2.59. The molecule has 0 spiro atoms. The van der Waals surface area contributed by atoms with Crippen LogP contribution < -0.4 is 0 Å². The maximum absolute atomic E-state index is 14.2. The van der Waals surface area contributed by atoms with Crippen LogP contribution in [0.4, 0.5) is 43.9 Å². The van der Waals surface area contributed by atoms with Gasteiger partial charge in [-0.05, 0) is 6.07 Å². The first-order chi connectivity index (χ1) is 14.0. The van der Waals surface area contributed by atoms with Gasteiger partial charge in [-0.1, -0.05) is 0 Å². The zero-order valence-corrected chi connectivity index (χ0v) is 13.9. The fourth-order valence-electron chi connectivity index (χ4n) is 2.59. The van der Waals surface area contributed by atoms with E-state index in [2.05, 4.69) is 4.98 Å². The predicted octanol–water partition coefficient (Wildman–Crippen LogP) is 5.62. The van der Waals surface area contributed by atoms with E-state index in [-0.39, 0.29) is 6.29 Å². The quantitative estimate of drug-likeness (QED) is 0.230. The van der Waals surface area contributed by atoms with Crippen LogP contribution in [-0.4, -0.2) is 11.3 Å². The number of carbonyl (C=O) groups is 1. The minimum atomic E-state index is -2.56. The lowest BCUT2D eigenvalue weighted by Crippen LogP contribution is -2.09. The summed E-state index contributed by atoms with van der Waals surface area (Å²) in [5, 5.41) is 0. The Morgan fingerprint density at radius 3 is 1.33 bits per heavy atom. The van der Waals surface area contributed by atoms with Crippen molar-refractivity contribution in [3.63, 3.8) is 0 Å². The van der Waals surface area contributed by atoms with Crippen molar-refractivity contribution in [3.8, 4) is 22.4 Å². The molecule has 3 rings (SSSR count). The summed E-state index contributed by atoms with van der Waals surface area (Å²) in [6, 6.07) is 0.408. The van der Waals surface area contributed by atoms with Crippen molar-refractivity contribution in [2.24, 2.45) is 0 Å². The zero-order chi connectivity index (χ0) is 22.5. The van der Waals surface area contributed by atoms with E-state index in [1.807, 2.05) is 0 Å². The Morgan fingerprint density at radius 2 is 0.933 bits per heavy atom. The predicted molar refractivity (Wildman–Crippen MR) is 80.1 cm³/mol. The van der Waals surface area contributed by atoms with Gasteiger partial charge in [0.05, 0.1) is 16.8 Å². The molecule has 0 bridgehead atoms. The number of pyridine rings is 1. The maximum atomic E-state index is 14.2. The highest BCUT2D eigenvalue weighted by Crippen LogP contribution is 2.40. The number of aldehydes is 1. The monoisotopic (exact) mass is 439 g/mol. The van der Waals surface area contributed by atoms with E-state index in [0.717, 1.165) is 0 Å². The Hall–Kier alpha value is -3.44. The van der Waals surface area contributed by atoms with E-state index in [0.29, 0.717) is 12.3 Å². The van der Waals surface area contributed by atoms with Gasteiger partial charge in [0.25, 0.3) is 0 Å². The molecule has 1 aromatic heterocycles. The van der Waals surface area contributed by atoms with Crippen molar-refractivity contribution in [3.05, 3.63) is 76.0 Å². The van der Waals surface area contributed by atoms with Crippen LogP contribution in [0.2, 0.25) is 0 Å². The summed E-state index contributed by atoms with van der Waals surface area (Å²) in [4.78, 5) is 14.2. The summed E-state index contributed by atoms with van der Waals surface area (Å²) < 4.78 is 138. The first-order valence-electron chi connectivity index (χ1n) is 7.51. The van der Waals surface area contributed by atoms with Crippen LogP contribution in [0.3, 0.4) is 0 Å². The number of carbonyl (C=O) groups excluding carboxylic acids is 1. The van der Waals surface area contributed by atoms with Gasteiger partial charge in [-0.3, -0.25) is 9.78 Å². The Bertz CT molecular complexity index is 1170. The highest BCUT2D eigenvalue weighted by Gasteiger charge is 2.33. The molecule has 0 amide bonds. The van der Waals surface area contributed by atoms with Gasteiger partial charge in [0, 0.05) is 17.3 Å². The first kappa shape index (κ1) is 21.3. The van der Waals surface area contributed by atoms with Gasteiger partial charge >= 0.3 is 0 Å². The average Bonchev–Trinajstić information content (AvgIpc) is 2.74. The molecular weight excluding hydrogens is 436 g/mol. The molecule has 0 radical (unpaired) electrons. The molecule has 0 aliphatic carbocycles. The molecule has 0 fully saturated rings. The van der Waals surface area contributed by atoms with E-state index < -0.39 is 86.1 Å². The molecule has 30 heavy (non-hydrogen) atoms. The van der Waals surface area contributed by atoms with Crippen LogP contribution in [0.1, 0.15) is 10.4 Å². The molecule has 0 saturated heterocycles. The van der Waals surface area contributed by atoms with Crippen LogP contribution >= 0.6 is 0 Å². The van der Waals surface area contributed by atoms with Crippen LogP contribution in [0, 0.1) is 58.2 Å². The van der Waals surface area contributed by atoms with E-state index in [4.69, 9.17) is 0 Å². The van der Waals surface area contributed by atoms with Gasteiger partial charge in [-0.25, -0.2) is 43.9 Å². The summed E-state index contributed by atoms with van der Waals surface area (Å²) in [6.07, 6.45) is 0.515. The number of halogens is 10. The van der Waals surface area contributed by atoms with Crippen LogP contribution in [0.15, 0.2) is 12.3 Å². The molecule has 3 aromatic rings. The summed E-state index contributed by atoms with van der Waals surface area (Å²) in [5.41, 5.74) is -6.81. The third kappa shape index (κ3) is 2.99. The van der Waals surface area contributed by atoms with E-state index in [1.165, 1.54) is 0 Å². The molecule has 2 nitrogen and oxygen atoms in total. The topological polar surface area (TPSA) is 30.0 Å². The molecule has 0 N–H and O–H groups in total. The molecule has 0 atom stereocenters. The maximum Gasteiger partial charge on any atom is 0.200 e. The highest BCUT2D eigenvalue weighted by atomic mass is 19.2. The molecule has 1 heterocycles. The summed E-state index contributed by atoms with van der Waals surface area (Å²) in [6.45, 7) is 0. The number of rotatable bonds is 3. The third-order valence-corrected chi connectivity index (χ3v) is 3.97. The summed E-state index contributed by atoms with van der Waals surface area (Å²) in [5.74, 6) is -24.9. The largest absolute Gasteiger partial charge is 0.298 e. The van der Waals surface area contributed by atoms with Gasteiger partial charge in [-0.2, -0.15) is 0 Å². The van der Waals surface area contributed by atoms with Gasteiger partial charge in [0.15, 0.2) is 52.8 Å². The van der Waals surface area contributed by atoms with Gasteiger partial charge < -0.3 is 0 Å².